The molecule has 0 spiro atoms. The molecule has 1 aliphatic heterocycles. The van der Waals surface area contributed by atoms with Gasteiger partial charge < -0.3 is 15.5 Å². The van der Waals surface area contributed by atoms with Gasteiger partial charge in [-0.3, -0.25) is 0 Å². The standard InChI is InChI=1S/C16H19ClN4OS/c17-12-4-3-5-13(10-12)19-15(22)18-7-6-14-11-23-16(20-14)21-8-1-2-9-21/h3-5,10-11H,1-2,6-9H2,(H2,18,19,22). The summed E-state index contributed by atoms with van der Waals surface area (Å²) in [4.78, 5) is 18.8. The summed E-state index contributed by atoms with van der Waals surface area (Å²) in [6.07, 6.45) is 3.23. The van der Waals surface area contributed by atoms with E-state index in [0.29, 0.717) is 17.3 Å². The molecule has 1 aliphatic rings. The van der Waals surface area contributed by atoms with Crippen molar-refractivity contribution >= 4 is 39.8 Å². The number of hydrogen-bond donors (Lipinski definition) is 2. The Morgan fingerprint density at radius 1 is 1.35 bits per heavy atom. The Kier molecular flexibility index (Phi) is 5.35. The summed E-state index contributed by atoms with van der Waals surface area (Å²) in [5.41, 5.74) is 1.71. The number of thiazole rings is 1. The van der Waals surface area contributed by atoms with Crippen molar-refractivity contribution < 1.29 is 4.79 Å². The molecule has 0 radical (unpaired) electrons. The van der Waals surface area contributed by atoms with Gasteiger partial charge in [0.1, 0.15) is 0 Å². The molecule has 0 atom stereocenters. The average Bonchev–Trinajstić information content (AvgIpc) is 3.18. The van der Waals surface area contributed by atoms with Gasteiger partial charge in [-0.2, -0.15) is 0 Å². The maximum atomic E-state index is 11.8. The molecule has 2 heterocycles. The van der Waals surface area contributed by atoms with Crippen molar-refractivity contribution in [3.63, 3.8) is 0 Å². The van der Waals surface area contributed by atoms with Crippen molar-refractivity contribution in [3.05, 3.63) is 40.4 Å². The minimum absolute atomic E-state index is 0.234. The topological polar surface area (TPSA) is 57.3 Å². The van der Waals surface area contributed by atoms with Crippen LogP contribution in [0.25, 0.3) is 0 Å². The molecule has 1 aromatic carbocycles. The summed E-state index contributed by atoms with van der Waals surface area (Å²) in [5, 5.41) is 9.36. The van der Waals surface area contributed by atoms with Crippen LogP contribution in [0, 0.1) is 0 Å². The van der Waals surface area contributed by atoms with Gasteiger partial charge in [0.05, 0.1) is 5.69 Å². The predicted molar refractivity (Wildman–Crippen MR) is 95.7 cm³/mol. The molecular formula is C16H19ClN4OS. The fraction of sp³-hybridized carbons (Fsp3) is 0.375. The molecule has 122 valence electrons. The second-order valence-electron chi connectivity index (χ2n) is 5.46. The number of benzene rings is 1. The lowest BCUT2D eigenvalue weighted by Crippen LogP contribution is -2.30. The molecular weight excluding hydrogens is 332 g/mol. The molecule has 1 aromatic heterocycles. The number of rotatable bonds is 5. The van der Waals surface area contributed by atoms with E-state index in [1.165, 1.54) is 12.8 Å². The summed E-state index contributed by atoms with van der Waals surface area (Å²) in [7, 11) is 0. The van der Waals surface area contributed by atoms with Crippen LogP contribution in [0.2, 0.25) is 5.02 Å². The highest BCUT2D eigenvalue weighted by Gasteiger charge is 2.15. The lowest BCUT2D eigenvalue weighted by atomic mass is 10.3. The van der Waals surface area contributed by atoms with Crippen LogP contribution in [0.15, 0.2) is 29.6 Å². The van der Waals surface area contributed by atoms with Crippen molar-refractivity contribution in [1.82, 2.24) is 10.3 Å². The number of halogens is 1. The Bertz CT molecular complexity index is 670. The van der Waals surface area contributed by atoms with Gasteiger partial charge in [0, 0.05) is 42.1 Å². The molecule has 1 fully saturated rings. The van der Waals surface area contributed by atoms with Crippen LogP contribution < -0.4 is 15.5 Å². The van der Waals surface area contributed by atoms with E-state index in [-0.39, 0.29) is 6.03 Å². The Morgan fingerprint density at radius 2 is 2.17 bits per heavy atom. The van der Waals surface area contributed by atoms with Crippen LogP contribution in [0.4, 0.5) is 15.6 Å². The first-order chi connectivity index (χ1) is 11.2. The zero-order valence-corrected chi connectivity index (χ0v) is 14.3. The second-order valence-corrected chi connectivity index (χ2v) is 6.73. The zero-order valence-electron chi connectivity index (χ0n) is 12.7. The molecule has 3 rings (SSSR count). The Morgan fingerprint density at radius 3 is 2.96 bits per heavy atom. The molecule has 0 bridgehead atoms. The second kappa shape index (κ2) is 7.66. The van der Waals surface area contributed by atoms with Crippen molar-refractivity contribution in [3.8, 4) is 0 Å². The van der Waals surface area contributed by atoms with Gasteiger partial charge in [-0.1, -0.05) is 17.7 Å². The third kappa shape index (κ3) is 4.59. The van der Waals surface area contributed by atoms with Crippen LogP contribution in [0.1, 0.15) is 18.5 Å². The van der Waals surface area contributed by atoms with Crippen molar-refractivity contribution in [2.24, 2.45) is 0 Å². The average molecular weight is 351 g/mol. The van der Waals surface area contributed by atoms with Crippen LogP contribution in [0.5, 0.6) is 0 Å². The first-order valence-corrected chi connectivity index (χ1v) is 8.96. The van der Waals surface area contributed by atoms with Crippen molar-refractivity contribution in [1.29, 1.82) is 0 Å². The molecule has 5 nitrogen and oxygen atoms in total. The molecule has 0 unspecified atom stereocenters. The minimum Gasteiger partial charge on any atom is -0.348 e. The maximum absolute atomic E-state index is 11.8. The summed E-state index contributed by atoms with van der Waals surface area (Å²) < 4.78 is 0. The fourth-order valence-electron chi connectivity index (χ4n) is 2.51. The van der Waals surface area contributed by atoms with Gasteiger partial charge >= 0.3 is 6.03 Å². The summed E-state index contributed by atoms with van der Waals surface area (Å²) >= 11 is 7.57. The molecule has 0 aliphatic carbocycles. The Labute approximate surface area is 144 Å². The number of aromatic nitrogens is 1. The number of carbonyl (C=O) groups is 1. The van der Waals surface area contributed by atoms with E-state index in [1.807, 2.05) is 0 Å². The van der Waals surface area contributed by atoms with Crippen LogP contribution in [0.3, 0.4) is 0 Å². The van der Waals surface area contributed by atoms with E-state index in [9.17, 15) is 4.79 Å². The number of anilines is 2. The molecule has 2 N–H and O–H groups in total. The number of amides is 2. The quantitative estimate of drug-likeness (QED) is 0.863. The van der Waals surface area contributed by atoms with E-state index in [4.69, 9.17) is 11.6 Å². The lowest BCUT2D eigenvalue weighted by molar-refractivity contribution is 0.252. The third-order valence-corrected chi connectivity index (χ3v) is 4.85. The Hall–Kier alpha value is -1.79. The highest BCUT2D eigenvalue weighted by Crippen LogP contribution is 2.24. The molecule has 0 saturated carbocycles. The number of nitrogens with one attached hydrogen (secondary N) is 2. The van der Waals surface area contributed by atoms with Crippen LogP contribution >= 0.6 is 22.9 Å². The lowest BCUT2D eigenvalue weighted by Gasteiger charge is -2.12. The van der Waals surface area contributed by atoms with Crippen molar-refractivity contribution in [2.75, 3.05) is 29.9 Å². The highest BCUT2D eigenvalue weighted by atomic mass is 35.5. The van der Waals surface area contributed by atoms with Gasteiger partial charge in [0.2, 0.25) is 0 Å². The molecule has 2 amide bonds. The number of nitrogens with zero attached hydrogens (tertiary/aromatic N) is 2. The Balaban J connectivity index is 1.43. The van der Waals surface area contributed by atoms with Gasteiger partial charge in [-0.15, -0.1) is 11.3 Å². The monoisotopic (exact) mass is 350 g/mol. The summed E-state index contributed by atoms with van der Waals surface area (Å²) in [5.74, 6) is 0. The number of hydrogen-bond acceptors (Lipinski definition) is 4. The highest BCUT2D eigenvalue weighted by molar-refractivity contribution is 7.13. The number of carbonyl (C=O) groups excluding carboxylic acids is 1. The first kappa shape index (κ1) is 16.1. The van der Waals surface area contributed by atoms with E-state index in [1.54, 1.807) is 35.6 Å². The van der Waals surface area contributed by atoms with Gasteiger partial charge in [-0.05, 0) is 31.0 Å². The van der Waals surface area contributed by atoms with Crippen LogP contribution in [-0.4, -0.2) is 30.6 Å². The maximum Gasteiger partial charge on any atom is 0.319 e. The fourth-order valence-corrected chi connectivity index (χ4v) is 3.61. The third-order valence-electron chi connectivity index (χ3n) is 3.67. The summed E-state index contributed by atoms with van der Waals surface area (Å²) in [6.45, 7) is 2.76. The van der Waals surface area contributed by atoms with Gasteiger partial charge in [-0.25, -0.2) is 9.78 Å². The molecule has 1 saturated heterocycles. The normalized spacial score (nSPS) is 14.0. The predicted octanol–water partition coefficient (Wildman–Crippen LogP) is 3.76. The van der Waals surface area contributed by atoms with Crippen LogP contribution in [-0.2, 0) is 6.42 Å². The zero-order chi connectivity index (χ0) is 16.1. The largest absolute Gasteiger partial charge is 0.348 e. The summed E-state index contributed by atoms with van der Waals surface area (Å²) in [6, 6.07) is 6.85. The van der Waals surface area contributed by atoms with E-state index < -0.39 is 0 Å². The van der Waals surface area contributed by atoms with Gasteiger partial charge in [0.15, 0.2) is 5.13 Å². The smallest absolute Gasteiger partial charge is 0.319 e. The van der Waals surface area contributed by atoms with Crippen molar-refractivity contribution in [2.45, 2.75) is 19.3 Å². The SMILES string of the molecule is O=C(NCCc1csc(N2CCCC2)n1)Nc1cccc(Cl)c1. The first-order valence-electron chi connectivity index (χ1n) is 7.70. The van der Waals surface area contributed by atoms with E-state index in [2.05, 4.69) is 25.9 Å². The number of urea groups is 1. The minimum atomic E-state index is -0.234. The van der Waals surface area contributed by atoms with Gasteiger partial charge in [0.25, 0.3) is 0 Å². The van der Waals surface area contributed by atoms with E-state index in [0.717, 1.165) is 30.3 Å². The van der Waals surface area contributed by atoms with E-state index >= 15 is 0 Å². The molecule has 23 heavy (non-hydrogen) atoms. The molecule has 7 heteroatoms. The molecule has 2 aromatic rings.